The van der Waals surface area contributed by atoms with Crippen molar-refractivity contribution in [3.8, 4) is 0 Å². The second kappa shape index (κ2) is 7.96. The Bertz CT molecular complexity index is 1200. The van der Waals surface area contributed by atoms with Crippen LogP contribution in [0.3, 0.4) is 0 Å². The summed E-state index contributed by atoms with van der Waals surface area (Å²) >= 11 is 0. The normalized spacial score (nSPS) is 19.8. The van der Waals surface area contributed by atoms with Crippen LogP contribution in [0.25, 0.3) is 0 Å². The molecule has 1 saturated carbocycles. The van der Waals surface area contributed by atoms with Crippen LogP contribution in [0, 0.1) is 5.82 Å². The number of nitrogens with zero attached hydrogens (tertiary/aromatic N) is 3. The third-order valence-electron chi connectivity index (χ3n) is 6.06. The molecule has 0 spiro atoms. The zero-order valence-electron chi connectivity index (χ0n) is 17.7. The fraction of sp³-hybridized carbons (Fsp3) is 0.364. The first-order valence-corrected chi connectivity index (χ1v) is 10.7. The summed E-state index contributed by atoms with van der Waals surface area (Å²) in [5, 5.41) is 5.51. The molecule has 3 amide bonds. The molecule has 1 unspecified atom stereocenters. The number of hydrogen-bond donors (Lipinski definition) is 2. The molecule has 2 aliphatic heterocycles. The van der Waals surface area contributed by atoms with Crippen molar-refractivity contribution in [1.82, 2.24) is 15.2 Å². The molecule has 8 nitrogen and oxygen atoms in total. The number of nitrogens with one attached hydrogen (secondary N) is 2. The van der Waals surface area contributed by atoms with Crippen LogP contribution in [0.1, 0.15) is 39.1 Å². The lowest BCUT2D eigenvalue weighted by molar-refractivity contribution is -0.138. The molecule has 1 aromatic heterocycles. The van der Waals surface area contributed by atoms with Gasteiger partial charge in [0.15, 0.2) is 5.82 Å². The quantitative estimate of drug-likeness (QED) is 0.663. The van der Waals surface area contributed by atoms with E-state index in [1.54, 1.807) is 4.90 Å². The van der Waals surface area contributed by atoms with Gasteiger partial charge < -0.3 is 20.4 Å². The molecule has 3 heterocycles. The van der Waals surface area contributed by atoms with E-state index in [1.807, 2.05) is 0 Å². The monoisotopic (exact) mass is 477 g/mol. The van der Waals surface area contributed by atoms with Crippen molar-refractivity contribution in [2.75, 3.05) is 29.9 Å². The maximum atomic E-state index is 13.7. The largest absolute Gasteiger partial charge is 0.417 e. The Kier molecular flexibility index (Phi) is 5.18. The van der Waals surface area contributed by atoms with Gasteiger partial charge >= 0.3 is 6.18 Å². The highest BCUT2D eigenvalue weighted by atomic mass is 19.4. The van der Waals surface area contributed by atoms with Crippen LogP contribution in [0.4, 0.5) is 29.1 Å². The van der Waals surface area contributed by atoms with Crippen molar-refractivity contribution in [3.05, 3.63) is 53.0 Å². The second-order valence-corrected chi connectivity index (χ2v) is 8.48. The van der Waals surface area contributed by atoms with Gasteiger partial charge in [-0.15, -0.1) is 0 Å². The Hall–Kier alpha value is -3.70. The van der Waals surface area contributed by atoms with E-state index < -0.39 is 41.0 Å². The zero-order valence-corrected chi connectivity index (χ0v) is 17.7. The number of carbonyl (C=O) groups is 3. The van der Waals surface area contributed by atoms with Crippen LogP contribution in [0.5, 0.6) is 0 Å². The van der Waals surface area contributed by atoms with Gasteiger partial charge in [-0.1, -0.05) is 0 Å². The summed E-state index contributed by atoms with van der Waals surface area (Å²) in [6, 6.07) is 2.52. The van der Waals surface area contributed by atoms with E-state index in [0.717, 1.165) is 17.7 Å². The Morgan fingerprint density at radius 2 is 1.91 bits per heavy atom. The highest BCUT2D eigenvalue weighted by molar-refractivity contribution is 6.06. The van der Waals surface area contributed by atoms with Gasteiger partial charge in [0, 0.05) is 25.3 Å². The number of amides is 3. The average Bonchev–Trinajstić information content (AvgIpc) is 3.61. The lowest BCUT2D eigenvalue weighted by Gasteiger charge is -2.44. The summed E-state index contributed by atoms with van der Waals surface area (Å²) in [6.07, 6.45) is -1.60. The van der Waals surface area contributed by atoms with Gasteiger partial charge in [-0.25, -0.2) is 9.37 Å². The Morgan fingerprint density at radius 3 is 2.62 bits per heavy atom. The van der Waals surface area contributed by atoms with Crippen LogP contribution in [-0.2, 0) is 11.0 Å². The van der Waals surface area contributed by atoms with E-state index >= 15 is 0 Å². The van der Waals surface area contributed by atoms with Crippen molar-refractivity contribution in [2.45, 2.75) is 31.1 Å². The van der Waals surface area contributed by atoms with E-state index in [4.69, 9.17) is 0 Å². The third kappa shape index (κ3) is 4.03. The molecular formula is C22H19F4N5O3. The van der Waals surface area contributed by atoms with Gasteiger partial charge in [0.05, 0.1) is 28.9 Å². The summed E-state index contributed by atoms with van der Waals surface area (Å²) in [5.74, 6) is -2.35. The van der Waals surface area contributed by atoms with Gasteiger partial charge in [0.2, 0.25) is 5.91 Å². The number of anilines is 2. The summed E-state index contributed by atoms with van der Waals surface area (Å²) in [6.45, 7) is -0.0842. The first-order valence-electron chi connectivity index (χ1n) is 10.7. The molecule has 3 aliphatic rings. The van der Waals surface area contributed by atoms with E-state index in [2.05, 4.69) is 15.6 Å². The van der Waals surface area contributed by atoms with E-state index in [9.17, 15) is 31.9 Å². The summed E-state index contributed by atoms with van der Waals surface area (Å²) < 4.78 is 53.8. The van der Waals surface area contributed by atoms with Crippen molar-refractivity contribution in [2.24, 2.45) is 0 Å². The molecule has 12 heteroatoms. The van der Waals surface area contributed by atoms with E-state index in [1.165, 1.54) is 12.3 Å². The molecule has 2 fully saturated rings. The predicted octanol–water partition coefficient (Wildman–Crippen LogP) is 2.41. The molecule has 1 atom stereocenters. The SMILES string of the molecule is O=C(NC1CC1)c1cnc2c(c1)NC(=O)C1CN(C(=O)c3cc(F)ccc3C(F)(F)F)CCN21. The molecule has 1 saturated heterocycles. The molecule has 0 radical (unpaired) electrons. The number of piperazine rings is 1. The van der Waals surface area contributed by atoms with Crippen LogP contribution in [0.2, 0.25) is 0 Å². The van der Waals surface area contributed by atoms with Crippen molar-refractivity contribution in [1.29, 1.82) is 0 Å². The maximum absolute atomic E-state index is 13.7. The second-order valence-electron chi connectivity index (χ2n) is 8.48. The van der Waals surface area contributed by atoms with Crippen molar-refractivity contribution in [3.63, 3.8) is 0 Å². The number of rotatable bonds is 3. The number of benzene rings is 1. The number of halogens is 4. The van der Waals surface area contributed by atoms with Crippen LogP contribution in [-0.4, -0.2) is 59.3 Å². The first kappa shape index (κ1) is 22.1. The van der Waals surface area contributed by atoms with Gasteiger partial charge in [-0.05, 0) is 37.1 Å². The number of pyridine rings is 1. The highest BCUT2D eigenvalue weighted by Crippen LogP contribution is 2.35. The Balaban J connectivity index is 1.37. The highest BCUT2D eigenvalue weighted by Gasteiger charge is 2.42. The van der Waals surface area contributed by atoms with Crippen LogP contribution in [0.15, 0.2) is 30.5 Å². The smallest absolute Gasteiger partial charge is 0.349 e. The molecule has 5 rings (SSSR count). The molecule has 34 heavy (non-hydrogen) atoms. The number of aromatic nitrogens is 1. The van der Waals surface area contributed by atoms with Gasteiger partial charge in [-0.2, -0.15) is 13.2 Å². The van der Waals surface area contributed by atoms with Crippen LogP contribution >= 0.6 is 0 Å². The summed E-state index contributed by atoms with van der Waals surface area (Å²) in [5.41, 5.74) is -1.40. The lowest BCUT2D eigenvalue weighted by Crippen LogP contribution is -2.61. The third-order valence-corrected chi connectivity index (χ3v) is 6.06. The minimum Gasteiger partial charge on any atom is -0.349 e. The molecule has 2 N–H and O–H groups in total. The molecule has 178 valence electrons. The Labute approximate surface area is 190 Å². The van der Waals surface area contributed by atoms with Gasteiger partial charge in [0.25, 0.3) is 11.8 Å². The van der Waals surface area contributed by atoms with Gasteiger partial charge in [-0.3, -0.25) is 14.4 Å². The number of carbonyl (C=O) groups excluding carboxylic acids is 3. The topological polar surface area (TPSA) is 94.6 Å². The minimum atomic E-state index is -4.84. The lowest BCUT2D eigenvalue weighted by atomic mass is 10.0. The predicted molar refractivity (Wildman–Crippen MR) is 112 cm³/mol. The molecule has 2 aromatic rings. The Morgan fingerprint density at radius 1 is 1.15 bits per heavy atom. The molecule has 1 aromatic carbocycles. The fourth-order valence-corrected chi connectivity index (χ4v) is 4.17. The van der Waals surface area contributed by atoms with Crippen LogP contribution < -0.4 is 15.5 Å². The van der Waals surface area contributed by atoms with Crippen molar-refractivity contribution >= 4 is 29.2 Å². The fourth-order valence-electron chi connectivity index (χ4n) is 4.17. The number of alkyl halides is 3. The van der Waals surface area contributed by atoms with E-state index in [0.29, 0.717) is 35.3 Å². The standard InChI is InChI=1S/C22H19F4N5O3/c23-12-1-4-15(22(24,25)26)14(8-12)21(34)30-5-6-31-17(10-30)20(33)29-16-7-11(9-27-18(16)31)19(32)28-13-2-3-13/h1,4,7-9,13,17H,2-3,5-6,10H2,(H,28,32)(H,29,33). The summed E-state index contributed by atoms with van der Waals surface area (Å²) in [7, 11) is 0. The molecule has 0 bridgehead atoms. The number of hydrogen-bond acceptors (Lipinski definition) is 5. The van der Waals surface area contributed by atoms with Crippen molar-refractivity contribution < 1.29 is 31.9 Å². The summed E-state index contributed by atoms with van der Waals surface area (Å²) in [4.78, 5) is 45.1. The molecule has 1 aliphatic carbocycles. The average molecular weight is 477 g/mol. The zero-order chi connectivity index (χ0) is 24.2. The van der Waals surface area contributed by atoms with Gasteiger partial charge in [0.1, 0.15) is 11.9 Å². The maximum Gasteiger partial charge on any atom is 0.417 e. The van der Waals surface area contributed by atoms with E-state index in [-0.39, 0.29) is 31.6 Å². The first-order chi connectivity index (χ1) is 16.1. The minimum absolute atomic E-state index is 0.00145. The number of fused-ring (bicyclic) bond motifs is 3. The molecular weight excluding hydrogens is 458 g/mol.